The van der Waals surface area contributed by atoms with Crippen molar-refractivity contribution in [2.24, 2.45) is 5.92 Å². The van der Waals surface area contributed by atoms with E-state index in [1.54, 1.807) is 6.26 Å². The molecule has 0 spiro atoms. The highest BCUT2D eigenvalue weighted by molar-refractivity contribution is 9.10. The van der Waals surface area contributed by atoms with Crippen LogP contribution in [-0.4, -0.2) is 5.11 Å². The second kappa shape index (κ2) is 4.49. The van der Waals surface area contributed by atoms with Gasteiger partial charge in [-0.1, -0.05) is 19.3 Å². The third kappa shape index (κ3) is 2.04. The van der Waals surface area contributed by atoms with Gasteiger partial charge in [0.2, 0.25) is 0 Å². The van der Waals surface area contributed by atoms with Gasteiger partial charge in [0.15, 0.2) is 0 Å². The molecule has 14 heavy (non-hydrogen) atoms. The minimum Gasteiger partial charge on any atom is -0.465 e. The number of halogens is 1. The first kappa shape index (κ1) is 10.2. The van der Waals surface area contributed by atoms with Crippen molar-refractivity contribution in [2.45, 2.75) is 38.2 Å². The van der Waals surface area contributed by atoms with E-state index in [2.05, 4.69) is 15.9 Å². The van der Waals surface area contributed by atoms with Crippen LogP contribution in [0.25, 0.3) is 0 Å². The Morgan fingerprint density at radius 3 is 2.64 bits per heavy atom. The molecule has 2 rings (SSSR count). The van der Waals surface area contributed by atoms with Crippen molar-refractivity contribution >= 4 is 15.9 Å². The van der Waals surface area contributed by atoms with Crippen LogP contribution in [0.2, 0.25) is 0 Å². The SMILES string of the molecule is OC(c1occc1Br)C1CCCCC1. The summed E-state index contributed by atoms with van der Waals surface area (Å²) in [5, 5.41) is 10.1. The van der Waals surface area contributed by atoms with Gasteiger partial charge in [0, 0.05) is 0 Å². The fourth-order valence-corrected chi connectivity index (χ4v) is 2.62. The lowest BCUT2D eigenvalue weighted by Crippen LogP contribution is -2.15. The number of hydrogen-bond acceptors (Lipinski definition) is 2. The molecular formula is C11H15BrO2. The number of aliphatic hydroxyl groups excluding tert-OH is 1. The van der Waals surface area contributed by atoms with Gasteiger partial charge in [-0.05, 0) is 40.8 Å². The summed E-state index contributed by atoms with van der Waals surface area (Å²) in [4.78, 5) is 0. The van der Waals surface area contributed by atoms with Gasteiger partial charge < -0.3 is 9.52 Å². The molecule has 78 valence electrons. The molecule has 1 heterocycles. The van der Waals surface area contributed by atoms with Crippen LogP contribution >= 0.6 is 15.9 Å². The van der Waals surface area contributed by atoms with Gasteiger partial charge in [-0.15, -0.1) is 0 Å². The summed E-state index contributed by atoms with van der Waals surface area (Å²) in [6, 6.07) is 1.83. The third-order valence-electron chi connectivity index (χ3n) is 3.01. The highest BCUT2D eigenvalue weighted by Crippen LogP contribution is 2.37. The first-order valence-electron chi connectivity index (χ1n) is 5.20. The first-order valence-corrected chi connectivity index (χ1v) is 5.99. The van der Waals surface area contributed by atoms with Crippen LogP contribution in [0.4, 0.5) is 0 Å². The van der Waals surface area contributed by atoms with Crippen LogP contribution < -0.4 is 0 Å². The van der Waals surface area contributed by atoms with Gasteiger partial charge in [-0.3, -0.25) is 0 Å². The predicted octanol–water partition coefficient (Wildman–Crippen LogP) is 3.66. The van der Waals surface area contributed by atoms with E-state index in [9.17, 15) is 5.11 Å². The number of hydrogen-bond donors (Lipinski definition) is 1. The standard InChI is InChI=1S/C11H15BrO2/c12-9-6-7-14-11(9)10(13)8-4-2-1-3-5-8/h6-8,10,13H,1-5H2. The lowest BCUT2D eigenvalue weighted by Gasteiger charge is -2.25. The second-order valence-electron chi connectivity index (χ2n) is 3.98. The Morgan fingerprint density at radius 1 is 1.36 bits per heavy atom. The van der Waals surface area contributed by atoms with Crippen molar-refractivity contribution in [2.75, 3.05) is 0 Å². The monoisotopic (exact) mass is 258 g/mol. The summed E-state index contributed by atoms with van der Waals surface area (Å²) < 4.78 is 6.17. The molecule has 1 aliphatic rings. The topological polar surface area (TPSA) is 33.4 Å². The van der Waals surface area contributed by atoms with E-state index >= 15 is 0 Å². The van der Waals surface area contributed by atoms with Crippen molar-refractivity contribution < 1.29 is 9.52 Å². The number of rotatable bonds is 2. The average molecular weight is 259 g/mol. The quantitative estimate of drug-likeness (QED) is 0.879. The Labute approximate surface area is 92.4 Å². The lowest BCUT2D eigenvalue weighted by molar-refractivity contribution is 0.0646. The second-order valence-corrected chi connectivity index (χ2v) is 4.83. The van der Waals surface area contributed by atoms with Gasteiger partial charge in [0.1, 0.15) is 11.9 Å². The van der Waals surface area contributed by atoms with E-state index in [0.29, 0.717) is 11.7 Å². The van der Waals surface area contributed by atoms with Crippen molar-refractivity contribution in [1.82, 2.24) is 0 Å². The van der Waals surface area contributed by atoms with Crippen LogP contribution in [0.3, 0.4) is 0 Å². The van der Waals surface area contributed by atoms with Crippen molar-refractivity contribution in [3.63, 3.8) is 0 Å². The summed E-state index contributed by atoms with van der Waals surface area (Å²) >= 11 is 3.38. The van der Waals surface area contributed by atoms with E-state index in [1.165, 1.54) is 19.3 Å². The molecule has 0 amide bonds. The fraction of sp³-hybridized carbons (Fsp3) is 0.636. The molecule has 1 atom stereocenters. The van der Waals surface area contributed by atoms with E-state index in [-0.39, 0.29) is 0 Å². The third-order valence-corrected chi connectivity index (χ3v) is 3.66. The molecule has 0 radical (unpaired) electrons. The lowest BCUT2D eigenvalue weighted by atomic mass is 9.84. The van der Waals surface area contributed by atoms with Crippen LogP contribution in [0, 0.1) is 5.92 Å². The molecule has 1 aromatic rings. The minimum absolute atomic E-state index is 0.381. The Hall–Kier alpha value is -0.280. The fourth-order valence-electron chi connectivity index (χ4n) is 2.18. The normalized spacial score (nSPS) is 21.0. The van der Waals surface area contributed by atoms with E-state index < -0.39 is 6.10 Å². The average Bonchev–Trinajstić information content (AvgIpc) is 2.65. The molecule has 0 bridgehead atoms. The molecule has 1 aliphatic carbocycles. The molecule has 2 nitrogen and oxygen atoms in total. The van der Waals surface area contributed by atoms with Gasteiger partial charge in [0.05, 0.1) is 10.7 Å². The zero-order chi connectivity index (χ0) is 9.97. The maximum atomic E-state index is 10.1. The Morgan fingerprint density at radius 2 is 2.07 bits per heavy atom. The van der Waals surface area contributed by atoms with Gasteiger partial charge in [0.25, 0.3) is 0 Å². The Balaban J connectivity index is 2.07. The molecule has 1 N–H and O–H groups in total. The van der Waals surface area contributed by atoms with Crippen molar-refractivity contribution in [1.29, 1.82) is 0 Å². The summed E-state index contributed by atoms with van der Waals surface area (Å²) in [5.41, 5.74) is 0. The Bertz CT molecular complexity index is 289. The van der Waals surface area contributed by atoms with Crippen LogP contribution in [0.5, 0.6) is 0 Å². The first-order chi connectivity index (χ1) is 6.79. The van der Waals surface area contributed by atoms with Gasteiger partial charge in [-0.2, -0.15) is 0 Å². The van der Waals surface area contributed by atoms with Crippen molar-refractivity contribution in [3.8, 4) is 0 Å². The maximum absolute atomic E-state index is 10.1. The Kier molecular flexibility index (Phi) is 3.29. The molecule has 1 aromatic heterocycles. The molecule has 1 fully saturated rings. The van der Waals surface area contributed by atoms with E-state index in [1.807, 2.05) is 6.07 Å². The molecule has 3 heteroatoms. The summed E-state index contributed by atoms with van der Waals surface area (Å²) in [6.07, 6.45) is 7.20. The largest absolute Gasteiger partial charge is 0.465 e. The van der Waals surface area contributed by atoms with Crippen molar-refractivity contribution in [3.05, 3.63) is 22.6 Å². The van der Waals surface area contributed by atoms with E-state index in [0.717, 1.165) is 17.3 Å². The molecule has 1 saturated carbocycles. The van der Waals surface area contributed by atoms with Gasteiger partial charge >= 0.3 is 0 Å². The van der Waals surface area contributed by atoms with Crippen LogP contribution in [0.15, 0.2) is 21.2 Å². The van der Waals surface area contributed by atoms with E-state index in [4.69, 9.17) is 4.42 Å². The highest BCUT2D eigenvalue weighted by atomic mass is 79.9. The molecule has 0 saturated heterocycles. The summed E-state index contributed by atoms with van der Waals surface area (Å²) in [5.74, 6) is 1.07. The van der Waals surface area contributed by atoms with Gasteiger partial charge in [-0.25, -0.2) is 0 Å². The van der Waals surface area contributed by atoms with Crippen LogP contribution in [-0.2, 0) is 0 Å². The highest BCUT2D eigenvalue weighted by Gasteiger charge is 2.26. The summed E-state index contributed by atoms with van der Waals surface area (Å²) in [6.45, 7) is 0. The summed E-state index contributed by atoms with van der Waals surface area (Å²) in [7, 11) is 0. The zero-order valence-corrected chi connectivity index (χ0v) is 9.66. The number of furan rings is 1. The molecule has 1 unspecified atom stereocenters. The molecule has 0 aromatic carbocycles. The van der Waals surface area contributed by atoms with Crippen LogP contribution in [0.1, 0.15) is 44.0 Å². The maximum Gasteiger partial charge on any atom is 0.146 e. The zero-order valence-electron chi connectivity index (χ0n) is 8.08. The molecule has 0 aliphatic heterocycles. The minimum atomic E-state index is -0.431. The number of aliphatic hydroxyl groups is 1. The smallest absolute Gasteiger partial charge is 0.146 e. The molecular weight excluding hydrogens is 244 g/mol. The predicted molar refractivity (Wildman–Crippen MR) is 57.9 cm³/mol.